The Labute approximate surface area is 121 Å². The van der Waals surface area contributed by atoms with Crippen LogP contribution in [0.1, 0.15) is 18.2 Å². The second-order valence-corrected chi connectivity index (χ2v) is 5.07. The SMILES string of the molecule is Cc1[nH]c2ccccc2c1CC(=O)NC(C(=O)O)C(C)O. The summed E-state index contributed by atoms with van der Waals surface area (Å²) in [5.41, 5.74) is 2.64. The summed E-state index contributed by atoms with van der Waals surface area (Å²) in [4.78, 5) is 26.2. The first-order chi connectivity index (χ1) is 9.90. The third-order valence-corrected chi connectivity index (χ3v) is 3.43. The standard InChI is InChI=1S/C15H18N2O4/c1-8-11(10-5-3-4-6-12(10)16-8)7-13(19)17-14(9(2)18)15(20)21/h3-6,9,14,16,18H,7H2,1-2H3,(H,17,19)(H,20,21). The average molecular weight is 290 g/mol. The zero-order valence-electron chi connectivity index (χ0n) is 11.9. The summed E-state index contributed by atoms with van der Waals surface area (Å²) >= 11 is 0. The van der Waals surface area contributed by atoms with Crippen LogP contribution in [0.25, 0.3) is 10.9 Å². The van der Waals surface area contributed by atoms with E-state index in [2.05, 4.69) is 10.3 Å². The van der Waals surface area contributed by atoms with Crippen LogP contribution in [0.5, 0.6) is 0 Å². The summed E-state index contributed by atoms with van der Waals surface area (Å²) in [5.74, 6) is -1.69. The summed E-state index contributed by atoms with van der Waals surface area (Å²) in [6.07, 6.45) is -1.10. The van der Waals surface area contributed by atoms with Crippen LogP contribution in [0.15, 0.2) is 24.3 Å². The van der Waals surface area contributed by atoms with E-state index in [-0.39, 0.29) is 6.42 Å². The Hall–Kier alpha value is -2.34. The highest BCUT2D eigenvalue weighted by molar-refractivity contribution is 5.91. The van der Waals surface area contributed by atoms with Crippen LogP contribution < -0.4 is 5.32 Å². The van der Waals surface area contributed by atoms with E-state index in [0.29, 0.717) is 0 Å². The van der Waals surface area contributed by atoms with Gasteiger partial charge in [0.1, 0.15) is 0 Å². The molecule has 112 valence electrons. The van der Waals surface area contributed by atoms with Crippen LogP contribution in [-0.4, -0.2) is 39.2 Å². The molecule has 0 aliphatic carbocycles. The van der Waals surface area contributed by atoms with Crippen molar-refractivity contribution in [1.82, 2.24) is 10.3 Å². The Morgan fingerprint density at radius 3 is 2.62 bits per heavy atom. The molecule has 6 nitrogen and oxygen atoms in total. The number of carboxylic acids is 1. The molecule has 0 spiro atoms. The number of aliphatic hydroxyl groups excluding tert-OH is 1. The number of nitrogens with one attached hydrogen (secondary N) is 2. The van der Waals surface area contributed by atoms with Crippen LogP contribution >= 0.6 is 0 Å². The van der Waals surface area contributed by atoms with Gasteiger partial charge < -0.3 is 20.5 Å². The highest BCUT2D eigenvalue weighted by Gasteiger charge is 2.25. The van der Waals surface area contributed by atoms with E-state index < -0.39 is 24.0 Å². The number of aromatic nitrogens is 1. The van der Waals surface area contributed by atoms with E-state index >= 15 is 0 Å². The van der Waals surface area contributed by atoms with Gasteiger partial charge in [0, 0.05) is 16.6 Å². The van der Waals surface area contributed by atoms with Crippen molar-refractivity contribution in [2.24, 2.45) is 0 Å². The Morgan fingerprint density at radius 1 is 1.33 bits per heavy atom. The molecule has 0 bridgehead atoms. The third kappa shape index (κ3) is 3.22. The number of para-hydroxylation sites is 1. The zero-order valence-corrected chi connectivity index (χ0v) is 11.9. The number of amides is 1. The number of hydrogen-bond donors (Lipinski definition) is 4. The molecule has 2 rings (SSSR count). The topological polar surface area (TPSA) is 102 Å². The third-order valence-electron chi connectivity index (χ3n) is 3.43. The predicted octanol–water partition coefficient (Wildman–Crippen LogP) is 0.969. The highest BCUT2D eigenvalue weighted by atomic mass is 16.4. The maximum Gasteiger partial charge on any atom is 0.328 e. The van der Waals surface area contributed by atoms with E-state index in [4.69, 9.17) is 5.11 Å². The van der Waals surface area contributed by atoms with Crippen molar-refractivity contribution in [3.8, 4) is 0 Å². The van der Waals surface area contributed by atoms with Crippen LogP contribution in [-0.2, 0) is 16.0 Å². The van der Waals surface area contributed by atoms with Gasteiger partial charge in [0.2, 0.25) is 5.91 Å². The molecule has 0 radical (unpaired) electrons. The van der Waals surface area contributed by atoms with Crippen molar-refractivity contribution in [3.05, 3.63) is 35.5 Å². The predicted molar refractivity (Wildman–Crippen MR) is 78.0 cm³/mol. The Balaban J connectivity index is 2.18. The van der Waals surface area contributed by atoms with Crippen LogP contribution in [0.3, 0.4) is 0 Å². The van der Waals surface area contributed by atoms with E-state index in [0.717, 1.165) is 22.2 Å². The minimum atomic E-state index is -1.30. The summed E-state index contributed by atoms with van der Waals surface area (Å²) in [5, 5.41) is 21.6. The minimum Gasteiger partial charge on any atom is -0.480 e. The Morgan fingerprint density at radius 2 is 2.00 bits per heavy atom. The van der Waals surface area contributed by atoms with Crippen molar-refractivity contribution in [2.45, 2.75) is 32.4 Å². The van der Waals surface area contributed by atoms with Crippen molar-refractivity contribution in [3.63, 3.8) is 0 Å². The lowest BCUT2D eigenvalue weighted by Gasteiger charge is -2.17. The maximum atomic E-state index is 12.0. The molecule has 1 heterocycles. The minimum absolute atomic E-state index is 0.0619. The number of carboxylic acid groups (broad SMARTS) is 1. The van der Waals surface area contributed by atoms with Gasteiger partial charge in [0.25, 0.3) is 0 Å². The molecule has 0 aliphatic heterocycles. The molecular formula is C15H18N2O4. The maximum absolute atomic E-state index is 12.0. The molecule has 0 aliphatic rings. The second-order valence-electron chi connectivity index (χ2n) is 5.07. The van der Waals surface area contributed by atoms with Crippen molar-refractivity contribution >= 4 is 22.8 Å². The molecule has 1 aromatic heterocycles. The number of aromatic amines is 1. The lowest BCUT2D eigenvalue weighted by Crippen LogP contribution is -2.48. The van der Waals surface area contributed by atoms with Gasteiger partial charge in [-0.3, -0.25) is 4.79 Å². The number of benzene rings is 1. The first-order valence-corrected chi connectivity index (χ1v) is 6.66. The fourth-order valence-electron chi connectivity index (χ4n) is 2.34. The lowest BCUT2D eigenvalue weighted by atomic mass is 10.1. The number of carbonyl (C=O) groups is 2. The molecular weight excluding hydrogens is 272 g/mol. The van der Waals surface area contributed by atoms with Gasteiger partial charge in [-0.05, 0) is 25.5 Å². The molecule has 1 amide bonds. The molecule has 1 aromatic carbocycles. The molecule has 2 atom stereocenters. The van der Waals surface area contributed by atoms with E-state index in [1.165, 1.54) is 6.92 Å². The van der Waals surface area contributed by atoms with Crippen LogP contribution in [0.4, 0.5) is 0 Å². The molecule has 2 aromatic rings. The van der Waals surface area contributed by atoms with Gasteiger partial charge in [-0.25, -0.2) is 4.79 Å². The highest BCUT2D eigenvalue weighted by Crippen LogP contribution is 2.22. The number of hydrogen-bond acceptors (Lipinski definition) is 3. The van der Waals surface area contributed by atoms with Crippen LogP contribution in [0, 0.1) is 6.92 Å². The Bertz CT molecular complexity index is 675. The molecule has 2 unspecified atom stereocenters. The van der Waals surface area contributed by atoms with Gasteiger partial charge in [-0.15, -0.1) is 0 Å². The van der Waals surface area contributed by atoms with E-state index in [1.54, 1.807) is 0 Å². The smallest absolute Gasteiger partial charge is 0.328 e. The fourth-order valence-corrected chi connectivity index (χ4v) is 2.34. The molecule has 4 N–H and O–H groups in total. The molecule has 6 heteroatoms. The molecule has 0 fully saturated rings. The van der Waals surface area contributed by atoms with Gasteiger partial charge in [0.15, 0.2) is 6.04 Å². The lowest BCUT2D eigenvalue weighted by molar-refractivity contribution is -0.144. The van der Waals surface area contributed by atoms with Gasteiger partial charge in [0.05, 0.1) is 12.5 Å². The van der Waals surface area contributed by atoms with E-state index in [1.807, 2.05) is 31.2 Å². The van der Waals surface area contributed by atoms with Crippen molar-refractivity contribution in [2.75, 3.05) is 0 Å². The summed E-state index contributed by atoms with van der Waals surface area (Å²) in [7, 11) is 0. The number of H-pyrrole nitrogens is 1. The number of aliphatic carboxylic acids is 1. The van der Waals surface area contributed by atoms with Crippen molar-refractivity contribution in [1.29, 1.82) is 0 Å². The first-order valence-electron chi connectivity index (χ1n) is 6.66. The van der Waals surface area contributed by atoms with E-state index in [9.17, 15) is 14.7 Å². The van der Waals surface area contributed by atoms with Gasteiger partial charge in [-0.2, -0.15) is 0 Å². The molecule has 0 saturated carbocycles. The number of aliphatic hydroxyl groups is 1. The zero-order chi connectivity index (χ0) is 15.6. The fraction of sp³-hybridized carbons (Fsp3) is 0.333. The largest absolute Gasteiger partial charge is 0.480 e. The number of rotatable bonds is 5. The quantitative estimate of drug-likeness (QED) is 0.659. The van der Waals surface area contributed by atoms with Crippen molar-refractivity contribution < 1.29 is 19.8 Å². The second kappa shape index (κ2) is 5.97. The molecule has 21 heavy (non-hydrogen) atoms. The van der Waals surface area contributed by atoms with Gasteiger partial charge in [-0.1, -0.05) is 18.2 Å². The number of aryl methyl sites for hydroxylation is 1. The molecule has 0 saturated heterocycles. The summed E-state index contributed by atoms with van der Waals surface area (Å²) in [6, 6.07) is 6.30. The average Bonchev–Trinajstić information content (AvgIpc) is 2.72. The first kappa shape index (κ1) is 15.1. The Kier molecular flexibility index (Phi) is 4.28. The monoisotopic (exact) mass is 290 g/mol. The van der Waals surface area contributed by atoms with Gasteiger partial charge >= 0.3 is 5.97 Å². The number of fused-ring (bicyclic) bond motifs is 1. The number of carbonyl (C=O) groups excluding carboxylic acids is 1. The normalized spacial score (nSPS) is 13.9. The van der Waals surface area contributed by atoms with Crippen LogP contribution in [0.2, 0.25) is 0 Å². The summed E-state index contributed by atoms with van der Waals surface area (Å²) in [6.45, 7) is 3.20. The summed E-state index contributed by atoms with van der Waals surface area (Å²) < 4.78 is 0.